The first kappa shape index (κ1) is 19.3. The van der Waals surface area contributed by atoms with E-state index in [9.17, 15) is 28.1 Å². The van der Waals surface area contributed by atoms with E-state index in [0.29, 0.717) is 18.5 Å². The van der Waals surface area contributed by atoms with Crippen molar-refractivity contribution in [1.29, 1.82) is 0 Å². The first-order chi connectivity index (χ1) is 12.7. The Kier molecular flexibility index (Phi) is 5.18. The molecular formula is C17H14F3N3O3S. The number of nitro benzene ring substituents is 1. The number of rotatable bonds is 4. The topological polar surface area (TPSA) is 86.0 Å². The lowest BCUT2D eigenvalue weighted by atomic mass is 9.94. The number of non-ortho nitro benzene ring substituents is 1. The van der Waals surface area contributed by atoms with Gasteiger partial charge in [-0.15, -0.1) is 0 Å². The number of carbonyl (C=O) groups is 1. The molecular weight excluding hydrogens is 383 g/mol. The lowest BCUT2D eigenvalue weighted by molar-refractivity contribution is -0.384. The molecule has 0 fully saturated rings. The Morgan fingerprint density at radius 2 is 1.93 bits per heavy atom. The number of Topliss-reactive ketones (excluding diaryl/α,β-unsaturated/α-hetero) is 1. The number of hydrogen-bond donors (Lipinski definition) is 0. The van der Waals surface area contributed by atoms with Crippen LogP contribution in [0.2, 0.25) is 0 Å². The second kappa shape index (κ2) is 7.26. The number of aromatic nitrogens is 2. The summed E-state index contributed by atoms with van der Waals surface area (Å²) in [5, 5.41) is 10.8. The van der Waals surface area contributed by atoms with Crippen LogP contribution in [0.25, 0.3) is 0 Å². The Balaban J connectivity index is 2.06. The van der Waals surface area contributed by atoms with Crippen molar-refractivity contribution in [1.82, 2.24) is 9.97 Å². The van der Waals surface area contributed by atoms with Gasteiger partial charge < -0.3 is 0 Å². The largest absolute Gasteiger partial charge is 0.433 e. The molecule has 2 aromatic rings. The molecule has 0 aliphatic heterocycles. The number of nitro groups is 1. The van der Waals surface area contributed by atoms with Gasteiger partial charge in [0.05, 0.1) is 4.92 Å². The van der Waals surface area contributed by atoms with Gasteiger partial charge in [-0.25, -0.2) is 9.97 Å². The molecule has 6 nitrogen and oxygen atoms in total. The molecule has 0 bridgehead atoms. The normalized spacial score (nSPS) is 13.9. The molecule has 0 radical (unpaired) electrons. The summed E-state index contributed by atoms with van der Waals surface area (Å²) >= 11 is 0.800. The van der Waals surface area contributed by atoms with Crippen molar-refractivity contribution < 1.29 is 22.9 Å². The third-order valence-corrected chi connectivity index (χ3v) is 5.13. The lowest BCUT2D eigenvalue weighted by Gasteiger charge is -2.20. The lowest BCUT2D eigenvalue weighted by Crippen LogP contribution is -2.19. The van der Waals surface area contributed by atoms with E-state index in [1.54, 1.807) is 0 Å². The van der Waals surface area contributed by atoms with Gasteiger partial charge in [-0.3, -0.25) is 14.9 Å². The second-order valence-corrected chi connectivity index (χ2v) is 7.09. The standard InChI is InChI=1S/C17H14F3N3O3S/c1-9(24)12-8-10(23(25)26)6-7-14(12)27-16-21-13-5-3-2-4-11(13)15(22-16)17(18,19)20/h6-8H,2-5H2,1H3. The van der Waals surface area contributed by atoms with Gasteiger partial charge in [0.15, 0.2) is 16.6 Å². The average Bonchev–Trinajstić information content (AvgIpc) is 2.60. The molecule has 27 heavy (non-hydrogen) atoms. The third kappa shape index (κ3) is 4.10. The van der Waals surface area contributed by atoms with Crippen LogP contribution >= 0.6 is 11.8 Å². The van der Waals surface area contributed by atoms with Gasteiger partial charge in [0.25, 0.3) is 5.69 Å². The fourth-order valence-electron chi connectivity index (χ4n) is 2.95. The van der Waals surface area contributed by atoms with Crippen LogP contribution in [0.4, 0.5) is 18.9 Å². The van der Waals surface area contributed by atoms with Crippen molar-refractivity contribution in [2.75, 3.05) is 0 Å². The summed E-state index contributed by atoms with van der Waals surface area (Å²) < 4.78 is 40.2. The Hall–Kier alpha value is -2.49. The Labute approximate surface area is 156 Å². The highest BCUT2D eigenvalue weighted by molar-refractivity contribution is 7.99. The maximum absolute atomic E-state index is 13.4. The number of halogens is 3. The number of hydrogen-bond acceptors (Lipinski definition) is 6. The number of alkyl halides is 3. The molecule has 10 heteroatoms. The van der Waals surface area contributed by atoms with Gasteiger partial charge in [-0.1, -0.05) is 0 Å². The van der Waals surface area contributed by atoms with Crippen molar-refractivity contribution >= 4 is 23.2 Å². The summed E-state index contributed by atoms with van der Waals surface area (Å²) in [7, 11) is 0. The molecule has 0 spiro atoms. The average molecular weight is 397 g/mol. The van der Waals surface area contributed by atoms with Crippen LogP contribution in [0.15, 0.2) is 28.3 Å². The third-order valence-electron chi connectivity index (χ3n) is 4.19. The van der Waals surface area contributed by atoms with Gasteiger partial charge in [0.1, 0.15) is 0 Å². The van der Waals surface area contributed by atoms with Crippen LogP contribution in [0.3, 0.4) is 0 Å². The van der Waals surface area contributed by atoms with E-state index in [4.69, 9.17) is 0 Å². The zero-order chi connectivity index (χ0) is 19.8. The molecule has 1 aliphatic carbocycles. The molecule has 1 aliphatic rings. The number of carbonyl (C=O) groups excluding carboxylic acids is 1. The predicted octanol–water partition coefficient (Wildman–Crippen LogP) is 4.64. The molecule has 0 saturated carbocycles. The van der Waals surface area contributed by atoms with Crippen molar-refractivity contribution in [2.45, 2.75) is 48.8 Å². The maximum Gasteiger partial charge on any atom is 0.433 e. The highest BCUT2D eigenvalue weighted by atomic mass is 32.2. The molecule has 142 valence electrons. The van der Waals surface area contributed by atoms with Gasteiger partial charge in [-0.05, 0) is 50.4 Å². The predicted molar refractivity (Wildman–Crippen MR) is 90.9 cm³/mol. The Morgan fingerprint density at radius 1 is 1.22 bits per heavy atom. The molecule has 0 saturated heterocycles. The minimum absolute atomic E-state index is 0.0454. The van der Waals surface area contributed by atoms with Gasteiger partial charge in [-0.2, -0.15) is 13.2 Å². The number of fused-ring (bicyclic) bond motifs is 1. The zero-order valence-corrected chi connectivity index (χ0v) is 15.0. The molecule has 0 atom stereocenters. The number of benzene rings is 1. The summed E-state index contributed by atoms with van der Waals surface area (Å²) in [6, 6.07) is 3.63. The molecule has 0 N–H and O–H groups in total. The van der Waals surface area contributed by atoms with E-state index in [2.05, 4.69) is 9.97 Å². The van der Waals surface area contributed by atoms with Crippen molar-refractivity contribution in [3.05, 3.63) is 50.8 Å². The number of ketones is 1. The van der Waals surface area contributed by atoms with E-state index < -0.39 is 22.6 Å². The van der Waals surface area contributed by atoms with Crippen LogP contribution in [-0.2, 0) is 19.0 Å². The Bertz CT molecular complexity index is 932. The first-order valence-electron chi connectivity index (χ1n) is 8.11. The summed E-state index contributed by atoms with van der Waals surface area (Å²) in [5.74, 6) is -0.435. The van der Waals surface area contributed by atoms with E-state index >= 15 is 0 Å². The van der Waals surface area contributed by atoms with Crippen LogP contribution in [0.1, 0.15) is 47.1 Å². The highest BCUT2D eigenvalue weighted by Gasteiger charge is 2.38. The fourth-order valence-corrected chi connectivity index (χ4v) is 3.88. The Morgan fingerprint density at radius 3 is 2.56 bits per heavy atom. The van der Waals surface area contributed by atoms with Crippen molar-refractivity contribution in [3.8, 4) is 0 Å². The summed E-state index contributed by atoms with van der Waals surface area (Å²) in [5.41, 5.74) is -0.664. The van der Waals surface area contributed by atoms with Crippen LogP contribution in [0, 0.1) is 10.1 Å². The quantitative estimate of drug-likeness (QED) is 0.323. The maximum atomic E-state index is 13.4. The van der Waals surface area contributed by atoms with Crippen LogP contribution < -0.4 is 0 Å². The van der Waals surface area contributed by atoms with E-state index in [0.717, 1.165) is 24.2 Å². The molecule has 0 amide bonds. The van der Waals surface area contributed by atoms with E-state index in [-0.39, 0.29) is 33.3 Å². The zero-order valence-electron chi connectivity index (χ0n) is 14.2. The van der Waals surface area contributed by atoms with Crippen molar-refractivity contribution in [3.63, 3.8) is 0 Å². The van der Waals surface area contributed by atoms with E-state index in [1.807, 2.05) is 0 Å². The molecule has 0 unspecified atom stereocenters. The minimum atomic E-state index is -4.60. The minimum Gasteiger partial charge on any atom is -0.294 e. The molecule has 3 rings (SSSR count). The second-order valence-electron chi connectivity index (χ2n) is 6.08. The van der Waals surface area contributed by atoms with Gasteiger partial charge in [0.2, 0.25) is 0 Å². The molecule has 1 heterocycles. The molecule has 1 aromatic heterocycles. The fraction of sp³-hybridized carbons (Fsp3) is 0.353. The number of nitrogens with zero attached hydrogens (tertiary/aromatic N) is 3. The first-order valence-corrected chi connectivity index (χ1v) is 8.92. The van der Waals surface area contributed by atoms with Crippen LogP contribution in [-0.4, -0.2) is 20.7 Å². The summed E-state index contributed by atoms with van der Waals surface area (Å²) in [6.07, 6.45) is -2.47. The number of aryl methyl sites for hydroxylation is 1. The van der Waals surface area contributed by atoms with Crippen molar-refractivity contribution in [2.24, 2.45) is 0 Å². The monoisotopic (exact) mass is 397 g/mol. The summed E-state index contributed by atoms with van der Waals surface area (Å²) in [4.78, 5) is 30.3. The van der Waals surface area contributed by atoms with Gasteiger partial charge in [0, 0.05) is 33.8 Å². The molecule has 1 aromatic carbocycles. The van der Waals surface area contributed by atoms with Crippen LogP contribution in [0.5, 0.6) is 0 Å². The highest BCUT2D eigenvalue weighted by Crippen LogP contribution is 2.38. The van der Waals surface area contributed by atoms with E-state index in [1.165, 1.54) is 19.1 Å². The smallest absolute Gasteiger partial charge is 0.294 e. The summed E-state index contributed by atoms with van der Waals surface area (Å²) in [6.45, 7) is 1.23. The SMILES string of the molecule is CC(=O)c1cc([N+](=O)[O-])ccc1Sc1nc2c(c(C(F)(F)F)n1)CCCC2. The van der Waals surface area contributed by atoms with Gasteiger partial charge >= 0.3 is 6.18 Å².